The van der Waals surface area contributed by atoms with Crippen molar-refractivity contribution in [2.45, 2.75) is 0 Å². The first-order chi connectivity index (χ1) is 14.8. The highest BCUT2D eigenvalue weighted by Gasteiger charge is 2.23. The molecule has 4 nitrogen and oxygen atoms in total. The van der Waals surface area contributed by atoms with E-state index in [2.05, 4.69) is 28.7 Å². The van der Waals surface area contributed by atoms with Crippen molar-refractivity contribution in [2.24, 2.45) is 0 Å². The van der Waals surface area contributed by atoms with Crippen LogP contribution in [0.25, 0.3) is 60.0 Å². The molecule has 0 aliphatic heterocycles. The van der Waals surface area contributed by atoms with Crippen LogP contribution in [0.5, 0.6) is 0 Å². The van der Waals surface area contributed by atoms with Crippen LogP contribution >= 0.6 is 0 Å². The Hall–Kier alpha value is -4.54. The monoisotopic (exact) mass is 381 g/mol. The van der Waals surface area contributed by atoms with Gasteiger partial charge < -0.3 is 8.82 Å². The van der Waals surface area contributed by atoms with Crippen molar-refractivity contribution >= 4 is 60.0 Å². The zero-order valence-electron chi connectivity index (χ0n) is 15.6. The molecule has 0 fully saturated rings. The molecule has 0 N–H and O–H groups in total. The smallest absolute Gasteiger partial charge is 0.145 e. The first-order valence-electron chi connectivity index (χ1n) is 9.66. The van der Waals surface area contributed by atoms with Crippen molar-refractivity contribution in [1.29, 1.82) is 10.5 Å². The minimum Gasteiger partial charge on any atom is -0.455 e. The average Bonchev–Trinajstić information content (AvgIpc) is 3.43. The fourth-order valence-electron chi connectivity index (χ4n) is 4.92. The number of nitriles is 2. The lowest BCUT2D eigenvalue weighted by molar-refractivity contribution is 0.673. The minimum atomic E-state index is 0.605. The van der Waals surface area contributed by atoms with Crippen LogP contribution in [-0.2, 0) is 0 Å². The molecule has 3 heterocycles. The van der Waals surface area contributed by atoms with Crippen molar-refractivity contribution < 1.29 is 4.42 Å². The third-order valence-corrected chi connectivity index (χ3v) is 6.16. The lowest BCUT2D eigenvalue weighted by Gasteiger charge is -1.99. The summed E-state index contributed by atoms with van der Waals surface area (Å²) in [4.78, 5) is 0. The van der Waals surface area contributed by atoms with Crippen LogP contribution in [0.4, 0.5) is 0 Å². The van der Waals surface area contributed by atoms with Gasteiger partial charge in [-0.15, -0.1) is 0 Å². The fraction of sp³-hybridized carbons (Fsp3) is 0. The molecule has 0 amide bonds. The van der Waals surface area contributed by atoms with E-state index in [1.165, 1.54) is 0 Å². The summed E-state index contributed by atoms with van der Waals surface area (Å²) >= 11 is 0. The van der Waals surface area contributed by atoms with Crippen molar-refractivity contribution in [3.8, 4) is 12.1 Å². The van der Waals surface area contributed by atoms with Gasteiger partial charge in [-0.2, -0.15) is 10.5 Å². The Morgan fingerprint density at radius 1 is 0.667 bits per heavy atom. The number of nitrogens with zero attached hydrogens (tertiary/aromatic N) is 3. The summed E-state index contributed by atoms with van der Waals surface area (Å²) in [7, 11) is 0. The Bertz CT molecular complexity index is 1920. The Labute approximate surface area is 169 Å². The number of benzene rings is 4. The second kappa shape index (κ2) is 5.08. The highest BCUT2D eigenvalue weighted by molar-refractivity contribution is 6.32. The molecule has 0 radical (unpaired) electrons. The molecule has 0 unspecified atom stereocenters. The molecule has 0 aliphatic carbocycles. The highest BCUT2D eigenvalue weighted by Crippen LogP contribution is 2.45. The van der Waals surface area contributed by atoms with Gasteiger partial charge in [0.2, 0.25) is 0 Å². The topological polar surface area (TPSA) is 65.1 Å². The molecular weight excluding hydrogens is 370 g/mol. The van der Waals surface area contributed by atoms with Gasteiger partial charge in [0.1, 0.15) is 11.2 Å². The predicted octanol–water partition coefficient (Wildman–Crippen LogP) is 6.48. The van der Waals surface area contributed by atoms with Crippen LogP contribution < -0.4 is 0 Å². The minimum absolute atomic E-state index is 0.605. The maximum atomic E-state index is 9.47. The van der Waals surface area contributed by atoms with E-state index in [0.29, 0.717) is 11.1 Å². The van der Waals surface area contributed by atoms with Gasteiger partial charge in [0, 0.05) is 26.9 Å². The average molecular weight is 381 g/mol. The van der Waals surface area contributed by atoms with Crippen LogP contribution in [0, 0.1) is 22.7 Å². The van der Waals surface area contributed by atoms with Gasteiger partial charge >= 0.3 is 0 Å². The first kappa shape index (κ1) is 15.4. The van der Waals surface area contributed by atoms with Crippen molar-refractivity contribution in [1.82, 2.24) is 4.40 Å². The molecule has 7 rings (SSSR count). The molecule has 4 heteroatoms. The van der Waals surface area contributed by atoms with E-state index >= 15 is 0 Å². The molecule has 30 heavy (non-hydrogen) atoms. The molecule has 0 saturated carbocycles. The highest BCUT2D eigenvalue weighted by atomic mass is 16.3. The summed E-state index contributed by atoms with van der Waals surface area (Å²) in [5.74, 6) is 0. The van der Waals surface area contributed by atoms with E-state index in [1.54, 1.807) is 0 Å². The third-order valence-electron chi connectivity index (χ3n) is 6.16. The maximum absolute atomic E-state index is 9.47. The van der Waals surface area contributed by atoms with Gasteiger partial charge in [0.25, 0.3) is 0 Å². The largest absolute Gasteiger partial charge is 0.455 e. The number of para-hydroxylation sites is 1. The number of hydrogen-bond donors (Lipinski definition) is 0. The second-order valence-electron chi connectivity index (χ2n) is 7.65. The summed E-state index contributed by atoms with van der Waals surface area (Å²) in [6, 6.07) is 26.3. The molecule has 7 aromatic rings. The SMILES string of the molecule is N#Cc1ccc2c3cc4c5ccccc5oc4c4c5ccc(C#N)cc5n(c2c1)c34. The van der Waals surface area contributed by atoms with Crippen molar-refractivity contribution in [3.05, 3.63) is 77.9 Å². The molecule has 0 atom stereocenters. The Morgan fingerprint density at radius 3 is 2.13 bits per heavy atom. The number of aromatic nitrogens is 1. The Morgan fingerprint density at radius 2 is 1.37 bits per heavy atom. The van der Waals surface area contributed by atoms with Gasteiger partial charge in [-0.05, 0) is 36.4 Å². The molecule has 3 aromatic heterocycles. The van der Waals surface area contributed by atoms with Gasteiger partial charge in [0.15, 0.2) is 0 Å². The van der Waals surface area contributed by atoms with E-state index in [-0.39, 0.29) is 0 Å². The van der Waals surface area contributed by atoms with Gasteiger partial charge in [-0.3, -0.25) is 0 Å². The number of rotatable bonds is 0. The second-order valence-corrected chi connectivity index (χ2v) is 7.65. The van der Waals surface area contributed by atoms with Crippen LogP contribution in [0.3, 0.4) is 0 Å². The molecule has 0 bridgehead atoms. The normalized spacial score (nSPS) is 11.9. The molecular formula is C26H11N3O. The van der Waals surface area contributed by atoms with Gasteiger partial charge in [-0.1, -0.05) is 30.3 Å². The lowest BCUT2D eigenvalue weighted by atomic mass is 10.0. The van der Waals surface area contributed by atoms with Crippen LogP contribution in [0.2, 0.25) is 0 Å². The van der Waals surface area contributed by atoms with E-state index < -0.39 is 0 Å². The fourth-order valence-corrected chi connectivity index (χ4v) is 4.92. The number of hydrogen-bond acceptors (Lipinski definition) is 3. The van der Waals surface area contributed by atoms with Gasteiger partial charge in [-0.25, -0.2) is 0 Å². The lowest BCUT2D eigenvalue weighted by Crippen LogP contribution is -1.83. The number of furan rings is 1. The van der Waals surface area contributed by atoms with E-state index in [9.17, 15) is 10.5 Å². The quantitative estimate of drug-likeness (QED) is 0.302. The Kier molecular flexibility index (Phi) is 2.61. The summed E-state index contributed by atoms with van der Waals surface area (Å²) in [5, 5.41) is 25.4. The standard InChI is InChI=1S/C26H11N3O/c27-12-14-5-7-16-19-11-20-17-3-1-2-4-23(17)30-26(20)24-18-8-6-15(13-28)10-22(18)29(25(19)24)21(16)9-14/h1-11H. The molecule has 0 aliphatic rings. The van der Waals surface area contributed by atoms with E-state index in [4.69, 9.17) is 4.42 Å². The van der Waals surface area contributed by atoms with Gasteiger partial charge in [0.05, 0.1) is 45.2 Å². The summed E-state index contributed by atoms with van der Waals surface area (Å²) < 4.78 is 8.51. The summed E-state index contributed by atoms with van der Waals surface area (Å²) in [6.45, 7) is 0. The van der Waals surface area contributed by atoms with Crippen LogP contribution in [-0.4, -0.2) is 4.40 Å². The molecule has 0 saturated heterocycles. The third kappa shape index (κ3) is 1.66. The summed E-state index contributed by atoms with van der Waals surface area (Å²) in [5.41, 5.74) is 5.92. The molecule has 136 valence electrons. The zero-order valence-corrected chi connectivity index (χ0v) is 15.6. The summed E-state index contributed by atoms with van der Waals surface area (Å²) in [6.07, 6.45) is 0. The molecule has 0 spiro atoms. The van der Waals surface area contributed by atoms with Crippen LogP contribution in [0.15, 0.2) is 71.1 Å². The Balaban J connectivity index is 1.88. The van der Waals surface area contributed by atoms with E-state index in [0.717, 1.165) is 60.0 Å². The van der Waals surface area contributed by atoms with Crippen molar-refractivity contribution in [2.75, 3.05) is 0 Å². The molecule has 4 aromatic carbocycles. The van der Waals surface area contributed by atoms with E-state index in [1.807, 2.05) is 54.6 Å². The maximum Gasteiger partial charge on any atom is 0.145 e. The predicted molar refractivity (Wildman–Crippen MR) is 118 cm³/mol. The van der Waals surface area contributed by atoms with Crippen LogP contribution in [0.1, 0.15) is 11.1 Å². The first-order valence-corrected chi connectivity index (χ1v) is 9.66. The number of fused-ring (bicyclic) bond motifs is 10. The zero-order chi connectivity index (χ0) is 20.0. The van der Waals surface area contributed by atoms with Crippen molar-refractivity contribution in [3.63, 3.8) is 0 Å².